The predicted octanol–water partition coefficient (Wildman–Crippen LogP) is 5.24. The Balaban J connectivity index is 1.73. The van der Waals surface area contributed by atoms with Crippen LogP contribution in [0.15, 0.2) is 11.3 Å². The molecule has 5 rings (SSSR count). The molecular weight excluding hydrogens is 440 g/mol. The average Bonchev–Trinajstić information content (AvgIpc) is 2.79. The van der Waals surface area contributed by atoms with E-state index in [1.54, 1.807) is 0 Å². The number of hydrogen-bond donors (Lipinski definition) is 3. The Hall–Kier alpha value is -1.20. The lowest BCUT2D eigenvalue weighted by atomic mass is 9.32. The molecule has 35 heavy (non-hydrogen) atoms. The molecule has 4 saturated carbocycles. The summed E-state index contributed by atoms with van der Waals surface area (Å²) in [6, 6.07) is 0. The molecule has 11 atom stereocenters. The summed E-state index contributed by atoms with van der Waals surface area (Å²) in [5, 5.41) is 34.1. The van der Waals surface area contributed by atoms with Crippen molar-refractivity contribution in [1.29, 1.82) is 0 Å². The van der Waals surface area contributed by atoms with Gasteiger partial charge in [0, 0.05) is 17.8 Å². The normalized spacial score (nSPS) is 56.1. The Morgan fingerprint density at radius 1 is 0.971 bits per heavy atom. The summed E-state index contributed by atoms with van der Waals surface area (Å²) >= 11 is 0. The average molecular weight is 487 g/mol. The van der Waals surface area contributed by atoms with Gasteiger partial charge in [-0.25, -0.2) is 0 Å². The number of aliphatic hydroxyl groups excluding tert-OH is 3. The van der Waals surface area contributed by atoms with Crippen molar-refractivity contribution in [2.75, 3.05) is 6.61 Å². The smallest absolute Gasteiger partial charge is 0.201 e. The standard InChI is InChI=1S/C30H46O5/c1-16-8-11-26(3)14-20(33)30(7)22(21(26)17(16)2)23(34)24(35)25-27(4)12-10-19(32)28(5,15-31)18(27)9-13-29(25,30)6/h16-18,20-21,25,31,33-34H,8-15H2,1-7H3. The van der Waals surface area contributed by atoms with E-state index in [1.165, 1.54) is 0 Å². The van der Waals surface area contributed by atoms with Crippen LogP contribution >= 0.6 is 0 Å². The lowest BCUT2D eigenvalue weighted by Crippen LogP contribution is -2.70. The van der Waals surface area contributed by atoms with E-state index in [1.807, 2.05) is 6.92 Å². The van der Waals surface area contributed by atoms with Crippen LogP contribution in [0.4, 0.5) is 0 Å². The molecule has 11 unspecified atom stereocenters. The van der Waals surface area contributed by atoms with Gasteiger partial charge in [0.05, 0.1) is 18.1 Å². The SMILES string of the molecule is CC1CCC2(C)CC(O)C3(C)C(=C(O)C(=O)C4C5(C)CCC(=O)C(C)(CO)C5CCC43C)C2C1C. The molecule has 0 saturated heterocycles. The van der Waals surface area contributed by atoms with Crippen molar-refractivity contribution in [3.63, 3.8) is 0 Å². The second-order valence-electron chi connectivity index (χ2n) is 14.5. The lowest BCUT2D eigenvalue weighted by Gasteiger charge is -2.71. The zero-order valence-corrected chi connectivity index (χ0v) is 22.8. The van der Waals surface area contributed by atoms with E-state index >= 15 is 0 Å². The monoisotopic (exact) mass is 486 g/mol. The molecule has 0 aromatic heterocycles. The molecule has 0 bridgehead atoms. The highest BCUT2D eigenvalue weighted by Crippen LogP contribution is 2.75. The Morgan fingerprint density at radius 2 is 1.63 bits per heavy atom. The minimum absolute atomic E-state index is 0.0718. The zero-order chi connectivity index (χ0) is 25.9. The highest BCUT2D eigenvalue weighted by atomic mass is 16.3. The van der Waals surface area contributed by atoms with Gasteiger partial charge in [0.2, 0.25) is 5.78 Å². The van der Waals surface area contributed by atoms with Gasteiger partial charge in [0.1, 0.15) is 5.78 Å². The summed E-state index contributed by atoms with van der Waals surface area (Å²) in [5.41, 5.74) is -1.95. The largest absolute Gasteiger partial charge is 0.504 e. The molecular formula is C30H46O5. The molecule has 0 aliphatic heterocycles. The predicted molar refractivity (Wildman–Crippen MR) is 134 cm³/mol. The molecule has 5 aliphatic rings. The summed E-state index contributed by atoms with van der Waals surface area (Å²) in [4.78, 5) is 27.3. The number of carbonyl (C=O) groups excluding carboxylic acids is 2. The van der Waals surface area contributed by atoms with E-state index in [4.69, 9.17) is 0 Å². The number of carbonyl (C=O) groups is 2. The minimum atomic E-state index is -0.869. The van der Waals surface area contributed by atoms with Crippen molar-refractivity contribution in [2.45, 2.75) is 99.5 Å². The van der Waals surface area contributed by atoms with Crippen LogP contribution in [0.3, 0.4) is 0 Å². The summed E-state index contributed by atoms with van der Waals surface area (Å²) in [7, 11) is 0. The van der Waals surface area contributed by atoms with Crippen LogP contribution in [0.5, 0.6) is 0 Å². The van der Waals surface area contributed by atoms with E-state index in [9.17, 15) is 24.9 Å². The van der Waals surface area contributed by atoms with Gasteiger partial charge in [-0.05, 0) is 84.0 Å². The van der Waals surface area contributed by atoms with Crippen LogP contribution in [-0.4, -0.2) is 39.6 Å². The van der Waals surface area contributed by atoms with Gasteiger partial charge in [-0.2, -0.15) is 0 Å². The third kappa shape index (κ3) is 2.78. The van der Waals surface area contributed by atoms with Gasteiger partial charge in [0.15, 0.2) is 5.76 Å². The van der Waals surface area contributed by atoms with Crippen molar-refractivity contribution in [1.82, 2.24) is 0 Å². The Kier molecular flexibility index (Phi) is 5.40. The first-order chi connectivity index (χ1) is 16.1. The molecule has 0 aromatic carbocycles. The van der Waals surface area contributed by atoms with Crippen LogP contribution in [-0.2, 0) is 9.59 Å². The summed E-state index contributed by atoms with van der Waals surface area (Å²) < 4.78 is 0. The summed E-state index contributed by atoms with van der Waals surface area (Å²) in [5.74, 6) is 0.0673. The van der Waals surface area contributed by atoms with Crippen LogP contribution in [0.2, 0.25) is 0 Å². The fraction of sp³-hybridized carbons (Fsp3) is 0.867. The van der Waals surface area contributed by atoms with Gasteiger partial charge in [-0.1, -0.05) is 48.5 Å². The topological polar surface area (TPSA) is 94.8 Å². The first kappa shape index (κ1) is 25.4. The maximum absolute atomic E-state index is 14.3. The van der Waals surface area contributed by atoms with Crippen LogP contribution in [0, 0.1) is 56.7 Å². The van der Waals surface area contributed by atoms with E-state index in [2.05, 4.69) is 41.5 Å². The number of ketones is 2. The number of aliphatic hydroxyl groups is 3. The van der Waals surface area contributed by atoms with Crippen molar-refractivity contribution in [3.05, 3.63) is 11.3 Å². The van der Waals surface area contributed by atoms with Crippen molar-refractivity contribution in [3.8, 4) is 0 Å². The first-order valence-corrected chi connectivity index (χ1v) is 13.9. The van der Waals surface area contributed by atoms with Crippen LogP contribution in [0.25, 0.3) is 0 Å². The molecule has 5 nitrogen and oxygen atoms in total. The molecule has 0 spiro atoms. The zero-order valence-electron chi connectivity index (χ0n) is 22.8. The maximum atomic E-state index is 14.3. The van der Waals surface area contributed by atoms with Crippen LogP contribution in [0.1, 0.15) is 93.4 Å². The van der Waals surface area contributed by atoms with Crippen LogP contribution < -0.4 is 0 Å². The Morgan fingerprint density at radius 3 is 2.26 bits per heavy atom. The van der Waals surface area contributed by atoms with Gasteiger partial charge in [-0.15, -0.1) is 0 Å². The maximum Gasteiger partial charge on any atom is 0.201 e. The lowest BCUT2D eigenvalue weighted by molar-refractivity contribution is -0.215. The Labute approximate surface area is 210 Å². The van der Waals surface area contributed by atoms with Gasteiger partial charge >= 0.3 is 0 Å². The summed E-state index contributed by atoms with van der Waals surface area (Å²) in [6.45, 7) is 14.9. The number of hydrogen-bond acceptors (Lipinski definition) is 5. The third-order valence-corrected chi connectivity index (χ3v) is 13.1. The van der Waals surface area contributed by atoms with Crippen molar-refractivity contribution < 1.29 is 24.9 Å². The first-order valence-electron chi connectivity index (χ1n) is 13.9. The summed E-state index contributed by atoms with van der Waals surface area (Å²) in [6.07, 6.45) is 4.51. The molecule has 196 valence electrons. The van der Waals surface area contributed by atoms with E-state index < -0.39 is 33.7 Å². The molecule has 5 aliphatic carbocycles. The Bertz CT molecular complexity index is 1000. The molecule has 0 radical (unpaired) electrons. The molecule has 0 heterocycles. The molecule has 0 aromatic rings. The molecule has 3 N–H and O–H groups in total. The van der Waals surface area contributed by atoms with E-state index in [0.29, 0.717) is 37.5 Å². The number of allylic oxidation sites excluding steroid dienone is 1. The second-order valence-corrected chi connectivity index (χ2v) is 14.5. The minimum Gasteiger partial charge on any atom is -0.504 e. The molecule has 4 fully saturated rings. The van der Waals surface area contributed by atoms with Gasteiger partial charge in [-0.3, -0.25) is 9.59 Å². The highest BCUT2D eigenvalue weighted by molar-refractivity contribution is 5.99. The van der Waals surface area contributed by atoms with Gasteiger partial charge < -0.3 is 15.3 Å². The number of Topliss-reactive ketones (excluding diaryl/α,β-unsaturated/α-hetero) is 2. The fourth-order valence-electron chi connectivity index (χ4n) is 10.7. The third-order valence-electron chi connectivity index (χ3n) is 13.1. The van der Waals surface area contributed by atoms with Crippen molar-refractivity contribution >= 4 is 11.6 Å². The van der Waals surface area contributed by atoms with E-state index in [-0.39, 0.29) is 41.2 Å². The number of rotatable bonds is 1. The highest BCUT2D eigenvalue weighted by Gasteiger charge is 2.74. The van der Waals surface area contributed by atoms with E-state index in [0.717, 1.165) is 24.8 Å². The number of fused-ring (bicyclic) bond motifs is 7. The van der Waals surface area contributed by atoms with Crippen molar-refractivity contribution in [2.24, 2.45) is 56.7 Å². The molecule has 5 heteroatoms. The molecule has 0 amide bonds. The fourth-order valence-corrected chi connectivity index (χ4v) is 10.7. The second kappa shape index (κ2) is 7.43. The quantitative estimate of drug-likeness (QED) is 0.471. The van der Waals surface area contributed by atoms with Gasteiger partial charge in [0.25, 0.3) is 0 Å².